The van der Waals surface area contributed by atoms with Gasteiger partial charge in [0.25, 0.3) is 0 Å². The highest BCUT2D eigenvalue weighted by Gasteiger charge is 1.63. The van der Waals surface area contributed by atoms with Gasteiger partial charge in [0.2, 0.25) is 0 Å². The Kier molecular flexibility index (Phi) is 2.10. The highest BCUT2D eigenvalue weighted by Crippen LogP contribution is 1.75. The fraction of sp³-hybridized carbons (Fsp3) is 0.333. The molecule has 0 rings (SSSR count). The minimum absolute atomic E-state index is 0.869. The van der Waals surface area contributed by atoms with E-state index < -0.39 is 0 Å². The van der Waals surface area contributed by atoms with Crippen molar-refractivity contribution < 1.29 is 0 Å². The van der Waals surface area contributed by atoms with Crippen molar-refractivity contribution in [1.29, 1.82) is 0 Å². The van der Waals surface area contributed by atoms with Gasteiger partial charge in [0.05, 0.1) is 0 Å². The van der Waals surface area contributed by atoms with Crippen LogP contribution in [0.4, 0.5) is 0 Å². The molecule has 0 aliphatic carbocycles. The van der Waals surface area contributed by atoms with Gasteiger partial charge >= 0.3 is 0 Å². The molecule has 5 heavy (non-hydrogen) atoms. The molecule has 30 valence electrons. The lowest BCUT2D eigenvalue weighted by Gasteiger charge is -1.86. The van der Waals surface area contributed by atoms with Crippen molar-refractivity contribution in [2.45, 2.75) is 6.92 Å². The molecule has 0 radical (unpaired) electrons. The monoisotopic (exact) mass is 89.0 g/mol. The Morgan fingerprint density at radius 1 is 2.00 bits per heavy atom. The van der Waals surface area contributed by atoms with Gasteiger partial charge in [0, 0.05) is 5.70 Å². The van der Waals surface area contributed by atoms with Crippen molar-refractivity contribution in [3.63, 3.8) is 0 Å². The summed E-state index contributed by atoms with van der Waals surface area (Å²) >= 11 is 3.67. The summed E-state index contributed by atoms with van der Waals surface area (Å²) in [5.74, 6) is 0. The summed E-state index contributed by atoms with van der Waals surface area (Å²) < 4.78 is 2.53. The number of nitrogens with one attached hydrogen (secondary N) is 1. The molecule has 0 aromatic heterocycles. The Labute approximate surface area is 37.6 Å². The van der Waals surface area contributed by atoms with Crippen LogP contribution in [0.1, 0.15) is 6.92 Å². The summed E-state index contributed by atoms with van der Waals surface area (Å²) in [6, 6.07) is 0. The van der Waals surface area contributed by atoms with Crippen LogP contribution in [0.3, 0.4) is 0 Å². The molecule has 2 heteroatoms. The molecule has 0 bridgehead atoms. The average molecular weight is 89.2 g/mol. The normalized spacial score (nSPS) is 6.80. The molecule has 0 aromatic rings. The van der Waals surface area contributed by atoms with Crippen LogP contribution in [-0.4, -0.2) is 0 Å². The van der Waals surface area contributed by atoms with Crippen LogP contribution >= 0.6 is 12.8 Å². The summed E-state index contributed by atoms with van der Waals surface area (Å²) in [5.41, 5.74) is 0.869. The Balaban J connectivity index is 2.85. The third-order valence-corrected chi connectivity index (χ3v) is 0.573. The minimum atomic E-state index is 0.869. The molecule has 0 amide bonds. The van der Waals surface area contributed by atoms with Gasteiger partial charge in [-0.25, -0.2) is 0 Å². The number of hydrogen-bond donors (Lipinski definition) is 2. The summed E-state index contributed by atoms with van der Waals surface area (Å²) in [6.07, 6.45) is 0. The zero-order valence-corrected chi connectivity index (χ0v) is 4.05. The molecule has 0 aliphatic rings. The quantitative estimate of drug-likeness (QED) is 0.456. The van der Waals surface area contributed by atoms with Crippen LogP contribution in [0.2, 0.25) is 0 Å². The van der Waals surface area contributed by atoms with E-state index in [1.807, 2.05) is 6.92 Å². The van der Waals surface area contributed by atoms with Gasteiger partial charge in [-0.05, 0) is 6.92 Å². The fourth-order valence-electron chi connectivity index (χ4n) is 0. The molecule has 1 nitrogen and oxygen atoms in total. The fourth-order valence-corrected chi connectivity index (χ4v) is 0. The number of hydrogen-bond acceptors (Lipinski definition) is 2. The van der Waals surface area contributed by atoms with E-state index in [1.165, 1.54) is 0 Å². The maximum absolute atomic E-state index is 3.67. The molecule has 0 saturated carbocycles. The summed E-state index contributed by atoms with van der Waals surface area (Å²) in [5, 5.41) is 0. The number of allylic oxidation sites excluding steroid dienone is 1. The van der Waals surface area contributed by atoms with Crippen LogP contribution < -0.4 is 4.72 Å². The second-order valence-corrected chi connectivity index (χ2v) is 1.12. The lowest BCUT2D eigenvalue weighted by Crippen LogP contribution is -1.88. The molecule has 1 N–H and O–H groups in total. The molecule has 0 aromatic carbocycles. The lowest BCUT2D eigenvalue weighted by molar-refractivity contribution is 1.23. The Bertz CT molecular complexity index is 42.2. The van der Waals surface area contributed by atoms with Crippen LogP contribution in [-0.2, 0) is 0 Å². The van der Waals surface area contributed by atoms with Crippen molar-refractivity contribution >= 4 is 12.8 Å². The Morgan fingerprint density at radius 3 is 2.20 bits per heavy atom. The van der Waals surface area contributed by atoms with Crippen LogP contribution in [0.5, 0.6) is 0 Å². The van der Waals surface area contributed by atoms with Crippen molar-refractivity contribution in [3.05, 3.63) is 12.3 Å². The first-order valence-electron chi connectivity index (χ1n) is 1.33. The molecule has 0 saturated heterocycles. The lowest BCUT2D eigenvalue weighted by atomic mass is 10.6. The van der Waals surface area contributed by atoms with E-state index in [9.17, 15) is 0 Å². The predicted octanol–water partition coefficient (Wildman–Crippen LogP) is 0.954. The SMILES string of the molecule is C=C(C)NS. The van der Waals surface area contributed by atoms with Crippen LogP contribution in [0.25, 0.3) is 0 Å². The highest BCUT2D eigenvalue weighted by atomic mass is 32.1. The largest absolute Gasteiger partial charge is 0.337 e. The molecular formula is C3H7NS. The zero-order chi connectivity index (χ0) is 4.28. The second kappa shape index (κ2) is 2.15. The first-order valence-corrected chi connectivity index (χ1v) is 1.77. The summed E-state index contributed by atoms with van der Waals surface area (Å²) in [7, 11) is 0. The third kappa shape index (κ3) is 3.89. The number of thiol groups is 1. The van der Waals surface area contributed by atoms with E-state index in [0.29, 0.717) is 0 Å². The highest BCUT2D eigenvalue weighted by molar-refractivity contribution is 7.78. The Hall–Kier alpha value is -0.110. The maximum atomic E-state index is 3.67. The minimum Gasteiger partial charge on any atom is -0.337 e. The number of rotatable bonds is 1. The van der Waals surface area contributed by atoms with Crippen molar-refractivity contribution in [2.75, 3.05) is 0 Å². The topological polar surface area (TPSA) is 12.0 Å². The van der Waals surface area contributed by atoms with Crippen molar-refractivity contribution in [2.24, 2.45) is 0 Å². The third-order valence-electron chi connectivity index (χ3n) is 0.191. The van der Waals surface area contributed by atoms with E-state index >= 15 is 0 Å². The molecule has 0 heterocycles. The van der Waals surface area contributed by atoms with Gasteiger partial charge in [-0.3, -0.25) is 0 Å². The van der Waals surface area contributed by atoms with E-state index in [1.54, 1.807) is 0 Å². The van der Waals surface area contributed by atoms with Gasteiger partial charge in [0.1, 0.15) is 0 Å². The van der Waals surface area contributed by atoms with Gasteiger partial charge in [0.15, 0.2) is 0 Å². The zero-order valence-electron chi connectivity index (χ0n) is 3.15. The molecule has 0 fully saturated rings. The van der Waals surface area contributed by atoms with E-state index in [2.05, 4.69) is 24.1 Å². The summed E-state index contributed by atoms with van der Waals surface area (Å²) in [4.78, 5) is 0. The van der Waals surface area contributed by atoms with E-state index in [4.69, 9.17) is 0 Å². The average Bonchev–Trinajstić information content (AvgIpc) is 1.38. The molecule has 0 atom stereocenters. The van der Waals surface area contributed by atoms with Crippen molar-refractivity contribution in [1.82, 2.24) is 4.72 Å². The van der Waals surface area contributed by atoms with Crippen LogP contribution in [0.15, 0.2) is 12.3 Å². The molecule has 0 unspecified atom stereocenters. The Morgan fingerprint density at radius 2 is 2.20 bits per heavy atom. The van der Waals surface area contributed by atoms with Gasteiger partial charge in [-0.15, -0.1) is 0 Å². The summed E-state index contributed by atoms with van der Waals surface area (Å²) in [6.45, 7) is 5.33. The van der Waals surface area contributed by atoms with Gasteiger partial charge in [-0.2, -0.15) is 0 Å². The molecule has 0 spiro atoms. The smallest absolute Gasteiger partial charge is 0.0105 e. The molecular weight excluding hydrogens is 82.1 g/mol. The maximum Gasteiger partial charge on any atom is 0.0105 e. The van der Waals surface area contributed by atoms with Crippen molar-refractivity contribution in [3.8, 4) is 0 Å². The van der Waals surface area contributed by atoms with Gasteiger partial charge in [-0.1, -0.05) is 19.4 Å². The first kappa shape index (κ1) is 4.89. The van der Waals surface area contributed by atoms with E-state index in [-0.39, 0.29) is 0 Å². The van der Waals surface area contributed by atoms with Crippen LogP contribution in [0, 0.1) is 0 Å². The van der Waals surface area contributed by atoms with E-state index in [0.717, 1.165) is 5.70 Å². The second-order valence-electron chi connectivity index (χ2n) is 0.892. The first-order chi connectivity index (χ1) is 2.27. The molecule has 0 aliphatic heterocycles. The van der Waals surface area contributed by atoms with Gasteiger partial charge < -0.3 is 4.72 Å². The predicted molar refractivity (Wildman–Crippen MR) is 26.9 cm³/mol. The standard InChI is InChI=1S/C3H7NS/c1-3(2)4-5/h4-5H,1H2,2H3.